The molecule has 0 aromatic carbocycles. The lowest BCUT2D eigenvalue weighted by molar-refractivity contribution is 0.454. The summed E-state index contributed by atoms with van der Waals surface area (Å²) in [5.41, 5.74) is 2.34. The zero-order valence-electron chi connectivity index (χ0n) is 11.7. The van der Waals surface area contributed by atoms with E-state index in [2.05, 4.69) is 15.3 Å². The van der Waals surface area contributed by atoms with Crippen LogP contribution in [0.4, 0.5) is 0 Å². The minimum Gasteiger partial charge on any atom is -0.338 e. The average Bonchev–Trinajstić information content (AvgIpc) is 2.84. The SMILES string of the molecule is Cn1ccnc1CCNC1CCCc2[nH]c(=O)ccc21. The molecule has 0 saturated carbocycles. The third-order valence-electron chi connectivity index (χ3n) is 3.99. The maximum Gasteiger partial charge on any atom is 0.248 e. The lowest BCUT2D eigenvalue weighted by Crippen LogP contribution is -2.29. The fraction of sp³-hybridized carbons (Fsp3) is 0.467. The van der Waals surface area contributed by atoms with E-state index in [-0.39, 0.29) is 5.56 Å². The molecule has 5 nitrogen and oxygen atoms in total. The summed E-state index contributed by atoms with van der Waals surface area (Å²) in [5, 5.41) is 3.59. The van der Waals surface area contributed by atoms with Crippen molar-refractivity contribution < 1.29 is 0 Å². The molecular weight excluding hydrogens is 252 g/mol. The van der Waals surface area contributed by atoms with Gasteiger partial charge < -0.3 is 14.9 Å². The van der Waals surface area contributed by atoms with Gasteiger partial charge >= 0.3 is 0 Å². The first-order valence-electron chi connectivity index (χ1n) is 7.16. The summed E-state index contributed by atoms with van der Waals surface area (Å²) in [6.45, 7) is 0.897. The molecule has 0 amide bonds. The fourth-order valence-corrected chi connectivity index (χ4v) is 2.91. The standard InChI is InChI=1S/C15H20N4O/c1-19-10-9-17-14(19)7-8-16-12-3-2-4-13-11(12)5-6-15(20)18-13/h5-6,9-10,12,16H,2-4,7-8H2,1H3,(H,18,20). The van der Waals surface area contributed by atoms with Gasteiger partial charge in [-0.3, -0.25) is 4.79 Å². The Kier molecular flexibility index (Phi) is 3.69. The van der Waals surface area contributed by atoms with Gasteiger partial charge in [-0.25, -0.2) is 4.98 Å². The molecular formula is C15H20N4O. The van der Waals surface area contributed by atoms with E-state index in [0.717, 1.165) is 43.7 Å². The van der Waals surface area contributed by atoms with Gasteiger partial charge in [0.2, 0.25) is 5.56 Å². The lowest BCUT2D eigenvalue weighted by Gasteiger charge is -2.26. The van der Waals surface area contributed by atoms with E-state index in [9.17, 15) is 4.79 Å². The van der Waals surface area contributed by atoms with Crippen LogP contribution in [0.1, 0.15) is 36.0 Å². The Hall–Kier alpha value is -1.88. The molecule has 20 heavy (non-hydrogen) atoms. The Balaban J connectivity index is 1.65. The number of fused-ring (bicyclic) bond motifs is 1. The predicted octanol–water partition coefficient (Wildman–Crippen LogP) is 1.32. The summed E-state index contributed by atoms with van der Waals surface area (Å²) >= 11 is 0. The number of rotatable bonds is 4. The lowest BCUT2D eigenvalue weighted by atomic mass is 9.91. The van der Waals surface area contributed by atoms with Crippen LogP contribution < -0.4 is 10.9 Å². The number of H-pyrrole nitrogens is 1. The van der Waals surface area contributed by atoms with Crippen LogP contribution in [0.5, 0.6) is 0 Å². The average molecular weight is 272 g/mol. The van der Waals surface area contributed by atoms with Crippen molar-refractivity contribution in [2.24, 2.45) is 7.05 Å². The summed E-state index contributed by atoms with van der Waals surface area (Å²) in [6.07, 6.45) is 7.93. The van der Waals surface area contributed by atoms with Gasteiger partial charge in [-0.15, -0.1) is 0 Å². The number of hydrogen-bond donors (Lipinski definition) is 2. The fourth-order valence-electron chi connectivity index (χ4n) is 2.91. The molecule has 0 radical (unpaired) electrons. The number of nitrogens with one attached hydrogen (secondary N) is 2. The van der Waals surface area contributed by atoms with E-state index >= 15 is 0 Å². The summed E-state index contributed by atoms with van der Waals surface area (Å²) in [5.74, 6) is 1.09. The van der Waals surface area contributed by atoms with E-state index in [1.807, 2.05) is 30.1 Å². The smallest absolute Gasteiger partial charge is 0.248 e. The van der Waals surface area contributed by atoms with Crippen LogP contribution in [0.25, 0.3) is 0 Å². The van der Waals surface area contributed by atoms with Gasteiger partial charge in [-0.05, 0) is 24.8 Å². The molecule has 5 heteroatoms. The van der Waals surface area contributed by atoms with Gasteiger partial charge in [0, 0.05) is 50.2 Å². The van der Waals surface area contributed by atoms with Crippen molar-refractivity contribution in [2.45, 2.75) is 31.7 Å². The van der Waals surface area contributed by atoms with Crippen LogP contribution in [-0.4, -0.2) is 21.1 Å². The Morgan fingerprint density at radius 1 is 1.50 bits per heavy atom. The van der Waals surface area contributed by atoms with Crippen molar-refractivity contribution in [1.82, 2.24) is 19.9 Å². The molecule has 0 aliphatic heterocycles. The molecule has 2 heterocycles. The molecule has 1 aliphatic carbocycles. The van der Waals surface area contributed by atoms with Crippen LogP contribution >= 0.6 is 0 Å². The van der Waals surface area contributed by atoms with Crippen molar-refractivity contribution in [3.63, 3.8) is 0 Å². The predicted molar refractivity (Wildman–Crippen MR) is 77.7 cm³/mol. The van der Waals surface area contributed by atoms with Gasteiger partial charge in [0.15, 0.2) is 0 Å². The summed E-state index contributed by atoms with van der Waals surface area (Å²) < 4.78 is 2.05. The molecule has 0 bridgehead atoms. The zero-order chi connectivity index (χ0) is 13.9. The second-order valence-electron chi connectivity index (χ2n) is 5.36. The largest absolute Gasteiger partial charge is 0.338 e. The van der Waals surface area contributed by atoms with Gasteiger partial charge in [0.05, 0.1) is 0 Å². The number of pyridine rings is 1. The second kappa shape index (κ2) is 5.63. The Morgan fingerprint density at radius 2 is 2.40 bits per heavy atom. The summed E-state index contributed by atoms with van der Waals surface area (Å²) in [4.78, 5) is 18.7. The van der Waals surface area contributed by atoms with Crippen LogP contribution in [-0.2, 0) is 19.9 Å². The van der Waals surface area contributed by atoms with Crippen molar-refractivity contribution in [3.05, 3.63) is 52.0 Å². The number of aromatic amines is 1. The molecule has 1 atom stereocenters. The topological polar surface area (TPSA) is 62.7 Å². The third kappa shape index (κ3) is 2.67. The van der Waals surface area contributed by atoms with Crippen molar-refractivity contribution >= 4 is 0 Å². The monoisotopic (exact) mass is 272 g/mol. The van der Waals surface area contributed by atoms with Crippen molar-refractivity contribution in [1.29, 1.82) is 0 Å². The highest BCUT2D eigenvalue weighted by atomic mass is 16.1. The number of imidazole rings is 1. The molecule has 2 aromatic heterocycles. The first kappa shape index (κ1) is 13.1. The van der Waals surface area contributed by atoms with Gasteiger partial charge in [0.1, 0.15) is 5.82 Å². The molecule has 0 fully saturated rings. The molecule has 2 aromatic rings. The minimum atomic E-state index is -0.00240. The van der Waals surface area contributed by atoms with Gasteiger partial charge in [-0.2, -0.15) is 0 Å². The first-order chi connectivity index (χ1) is 9.74. The number of nitrogens with zero attached hydrogens (tertiary/aromatic N) is 2. The van der Waals surface area contributed by atoms with Crippen LogP contribution in [0.3, 0.4) is 0 Å². The molecule has 1 aliphatic rings. The summed E-state index contributed by atoms with van der Waals surface area (Å²) in [7, 11) is 2.02. The van der Waals surface area contributed by atoms with E-state index < -0.39 is 0 Å². The minimum absolute atomic E-state index is 0.00240. The maximum atomic E-state index is 11.4. The number of hydrogen-bond acceptors (Lipinski definition) is 3. The molecule has 0 spiro atoms. The molecule has 2 N–H and O–H groups in total. The second-order valence-corrected chi connectivity index (χ2v) is 5.36. The van der Waals surface area contributed by atoms with Crippen LogP contribution in [0.2, 0.25) is 0 Å². The van der Waals surface area contributed by atoms with Crippen molar-refractivity contribution in [2.75, 3.05) is 6.54 Å². The third-order valence-corrected chi connectivity index (χ3v) is 3.99. The van der Waals surface area contributed by atoms with Gasteiger partial charge in [0.25, 0.3) is 0 Å². The van der Waals surface area contributed by atoms with E-state index in [1.165, 1.54) is 5.56 Å². The Bertz CT molecular complexity index is 643. The highest BCUT2D eigenvalue weighted by Crippen LogP contribution is 2.27. The first-order valence-corrected chi connectivity index (χ1v) is 7.16. The Labute approximate surface area is 118 Å². The van der Waals surface area contributed by atoms with Gasteiger partial charge in [-0.1, -0.05) is 6.07 Å². The summed E-state index contributed by atoms with van der Waals surface area (Å²) in [6, 6.07) is 3.93. The highest BCUT2D eigenvalue weighted by molar-refractivity contribution is 5.26. The maximum absolute atomic E-state index is 11.4. The number of aromatic nitrogens is 3. The molecule has 0 saturated heterocycles. The molecule has 1 unspecified atom stereocenters. The van der Waals surface area contributed by atoms with Crippen LogP contribution in [0, 0.1) is 0 Å². The number of aryl methyl sites for hydroxylation is 2. The zero-order valence-corrected chi connectivity index (χ0v) is 11.7. The van der Waals surface area contributed by atoms with Crippen LogP contribution in [0.15, 0.2) is 29.3 Å². The van der Waals surface area contributed by atoms with E-state index in [0.29, 0.717) is 6.04 Å². The molecule has 3 rings (SSSR count). The Morgan fingerprint density at radius 3 is 3.20 bits per heavy atom. The normalized spacial score (nSPS) is 17.9. The van der Waals surface area contributed by atoms with Crippen molar-refractivity contribution in [3.8, 4) is 0 Å². The van der Waals surface area contributed by atoms with E-state index in [1.54, 1.807) is 6.07 Å². The quantitative estimate of drug-likeness (QED) is 0.882. The molecule has 106 valence electrons. The van der Waals surface area contributed by atoms with E-state index in [4.69, 9.17) is 0 Å². The highest BCUT2D eigenvalue weighted by Gasteiger charge is 2.20.